The van der Waals surface area contributed by atoms with Gasteiger partial charge in [-0.05, 0) is 32.3 Å². The zero-order valence-electron chi connectivity index (χ0n) is 19.5. The maximum atomic E-state index is 12.2. The summed E-state index contributed by atoms with van der Waals surface area (Å²) in [7, 11) is 0. The molecule has 1 fully saturated rings. The van der Waals surface area contributed by atoms with E-state index >= 15 is 0 Å². The Kier molecular flexibility index (Phi) is 7.57. The number of hydrogen-bond acceptors (Lipinski definition) is 10. The molecule has 184 valence electrons. The molecule has 1 saturated heterocycles. The fraction of sp³-hybridized carbons (Fsp3) is 0.375. The number of nitrogens with one attached hydrogen (secondary N) is 1. The Morgan fingerprint density at radius 3 is 2.54 bits per heavy atom. The highest BCUT2D eigenvalue weighted by Crippen LogP contribution is 2.29. The number of benzene rings is 1. The minimum atomic E-state index is -0.887. The van der Waals surface area contributed by atoms with Crippen LogP contribution in [0.4, 0.5) is 16.9 Å². The number of aromatic nitrogens is 3. The number of aryl methyl sites for hydroxylation is 1. The number of carbonyl (C=O) groups is 2. The van der Waals surface area contributed by atoms with E-state index in [1.165, 1.54) is 11.3 Å². The topological polar surface area (TPSA) is 138 Å². The summed E-state index contributed by atoms with van der Waals surface area (Å²) in [6, 6.07) is 9.09. The summed E-state index contributed by atoms with van der Waals surface area (Å²) < 4.78 is 5.10. The summed E-state index contributed by atoms with van der Waals surface area (Å²) in [5.74, 6) is -0.277. The second-order valence-electron chi connectivity index (χ2n) is 8.20. The molecule has 0 radical (unpaired) electrons. The highest BCUT2D eigenvalue weighted by molar-refractivity contribution is 7.17. The van der Waals surface area contributed by atoms with Crippen molar-refractivity contribution in [2.24, 2.45) is 0 Å². The van der Waals surface area contributed by atoms with Gasteiger partial charge in [-0.3, -0.25) is 10.1 Å². The minimum absolute atomic E-state index is 0.0512. The lowest BCUT2D eigenvalue weighted by atomic mass is 10.1. The second-order valence-corrected chi connectivity index (χ2v) is 9.20. The van der Waals surface area contributed by atoms with Crippen molar-refractivity contribution >= 4 is 40.2 Å². The average Bonchev–Trinajstić information content (AvgIpc) is 3.19. The van der Waals surface area contributed by atoms with Crippen LogP contribution in [0.25, 0.3) is 11.3 Å². The maximum Gasteiger partial charge on any atom is 0.350 e. The monoisotopic (exact) mass is 497 g/mol. The molecule has 0 saturated carbocycles. The summed E-state index contributed by atoms with van der Waals surface area (Å²) in [6.07, 6.45) is 0.942. The number of hydrogen-bond donors (Lipinski definition) is 3. The van der Waals surface area contributed by atoms with Gasteiger partial charge in [0.25, 0.3) is 0 Å². The van der Waals surface area contributed by atoms with Crippen LogP contribution in [0.2, 0.25) is 0 Å². The van der Waals surface area contributed by atoms with E-state index in [1.54, 1.807) is 26.0 Å². The molecule has 0 spiro atoms. The zero-order chi connectivity index (χ0) is 24.9. The summed E-state index contributed by atoms with van der Waals surface area (Å²) in [5.41, 5.74) is 2.73. The van der Waals surface area contributed by atoms with Gasteiger partial charge in [0.2, 0.25) is 5.95 Å². The number of aliphatic carboxylic acids is 1. The largest absolute Gasteiger partial charge is 0.481 e. The SMILES string of the molecule is CCOC(=O)c1sc(Nc2nc(-c3ccc(CC(=O)O)cc3)cc(N3CCC(O)CC3)n2)nc1C. The number of thiazole rings is 1. The molecule has 0 atom stereocenters. The molecule has 35 heavy (non-hydrogen) atoms. The van der Waals surface area contributed by atoms with E-state index in [2.05, 4.69) is 25.2 Å². The molecule has 1 aliphatic rings. The lowest BCUT2D eigenvalue weighted by Crippen LogP contribution is -2.36. The molecule has 1 aliphatic heterocycles. The number of carboxylic acids is 1. The first-order chi connectivity index (χ1) is 16.8. The number of anilines is 3. The Hall–Kier alpha value is -3.57. The molecule has 0 unspecified atom stereocenters. The van der Waals surface area contributed by atoms with Gasteiger partial charge in [-0.2, -0.15) is 4.98 Å². The van der Waals surface area contributed by atoms with Gasteiger partial charge in [0, 0.05) is 24.7 Å². The van der Waals surface area contributed by atoms with Gasteiger partial charge in [-0.25, -0.2) is 14.8 Å². The molecule has 1 aromatic carbocycles. The van der Waals surface area contributed by atoms with E-state index in [1.807, 2.05) is 18.2 Å². The number of piperidine rings is 1. The smallest absolute Gasteiger partial charge is 0.350 e. The Morgan fingerprint density at radius 2 is 1.89 bits per heavy atom. The highest BCUT2D eigenvalue weighted by Gasteiger charge is 2.21. The second kappa shape index (κ2) is 10.8. The molecule has 0 aliphatic carbocycles. The van der Waals surface area contributed by atoms with Gasteiger partial charge in [-0.1, -0.05) is 35.6 Å². The van der Waals surface area contributed by atoms with Gasteiger partial charge in [0.15, 0.2) is 5.13 Å². The fourth-order valence-corrected chi connectivity index (χ4v) is 4.65. The third kappa shape index (κ3) is 6.11. The Labute approximate surface area is 206 Å². The third-order valence-corrected chi connectivity index (χ3v) is 6.64. The fourth-order valence-electron chi connectivity index (χ4n) is 3.79. The molecule has 11 heteroatoms. The number of ether oxygens (including phenoxy) is 1. The number of esters is 1. The van der Waals surface area contributed by atoms with E-state index in [-0.39, 0.29) is 19.1 Å². The standard InChI is InChI=1S/C24H27N5O5S/c1-3-34-22(33)21-14(2)25-24(35-21)28-23-26-18(16-6-4-15(5-7-16)12-20(31)32)13-19(27-23)29-10-8-17(30)9-11-29/h4-7,13,17,30H,3,8-12H2,1-2H3,(H,31,32)(H,25,26,27,28). The molecule has 2 aromatic heterocycles. The van der Waals surface area contributed by atoms with Crippen LogP contribution in [-0.2, 0) is 16.0 Å². The molecule has 0 amide bonds. The number of carbonyl (C=O) groups excluding carboxylic acids is 1. The summed E-state index contributed by atoms with van der Waals surface area (Å²) >= 11 is 1.17. The van der Waals surface area contributed by atoms with Crippen LogP contribution in [-0.4, -0.2) is 62.9 Å². The van der Waals surface area contributed by atoms with E-state index in [0.29, 0.717) is 64.7 Å². The van der Waals surface area contributed by atoms with Crippen molar-refractivity contribution in [3.8, 4) is 11.3 Å². The summed E-state index contributed by atoms with van der Waals surface area (Å²) in [6.45, 7) is 5.11. The van der Waals surface area contributed by atoms with Crippen LogP contribution in [0.5, 0.6) is 0 Å². The van der Waals surface area contributed by atoms with E-state index < -0.39 is 11.9 Å². The maximum absolute atomic E-state index is 12.2. The van der Waals surface area contributed by atoms with Crippen molar-refractivity contribution in [2.45, 2.75) is 39.2 Å². The summed E-state index contributed by atoms with van der Waals surface area (Å²) in [5, 5.41) is 22.5. The zero-order valence-corrected chi connectivity index (χ0v) is 20.3. The molecular formula is C24H27N5O5S. The van der Waals surface area contributed by atoms with Crippen molar-refractivity contribution in [3.05, 3.63) is 46.5 Å². The van der Waals surface area contributed by atoms with Crippen LogP contribution < -0.4 is 10.2 Å². The molecule has 3 heterocycles. The van der Waals surface area contributed by atoms with Crippen molar-refractivity contribution < 1.29 is 24.5 Å². The molecule has 10 nitrogen and oxygen atoms in total. The number of aliphatic hydroxyl groups excluding tert-OH is 1. The van der Waals surface area contributed by atoms with Crippen LogP contribution in [0.1, 0.15) is 40.7 Å². The van der Waals surface area contributed by atoms with Crippen molar-refractivity contribution in [3.63, 3.8) is 0 Å². The van der Waals surface area contributed by atoms with Crippen LogP contribution in [0.3, 0.4) is 0 Å². The molecule has 3 N–H and O–H groups in total. The Morgan fingerprint density at radius 1 is 1.17 bits per heavy atom. The van der Waals surface area contributed by atoms with Crippen LogP contribution in [0, 0.1) is 6.92 Å². The van der Waals surface area contributed by atoms with Gasteiger partial charge < -0.3 is 19.8 Å². The molecule has 3 aromatic rings. The van der Waals surface area contributed by atoms with Gasteiger partial charge in [0.05, 0.1) is 30.5 Å². The Balaban J connectivity index is 1.66. The summed E-state index contributed by atoms with van der Waals surface area (Å²) in [4.78, 5) is 39.5. The third-order valence-electron chi connectivity index (χ3n) is 5.58. The Bertz CT molecular complexity index is 1210. The lowest BCUT2D eigenvalue weighted by molar-refractivity contribution is -0.136. The molecule has 0 bridgehead atoms. The average molecular weight is 498 g/mol. The van der Waals surface area contributed by atoms with Crippen molar-refractivity contribution in [1.82, 2.24) is 15.0 Å². The van der Waals surface area contributed by atoms with E-state index in [9.17, 15) is 14.7 Å². The van der Waals surface area contributed by atoms with Crippen LogP contribution >= 0.6 is 11.3 Å². The molecular weight excluding hydrogens is 470 g/mol. The number of nitrogens with zero attached hydrogens (tertiary/aromatic N) is 4. The van der Waals surface area contributed by atoms with Crippen LogP contribution in [0.15, 0.2) is 30.3 Å². The lowest BCUT2D eigenvalue weighted by Gasteiger charge is -2.30. The first-order valence-corrected chi connectivity index (χ1v) is 12.2. The first-order valence-electron chi connectivity index (χ1n) is 11.4. The normalized spacial score (nSPS) is 14.1. The first kappa shape index (κ1) is 24.6. The number of aliphatic hydroxyl groups is 1. The number of rotatable bonds is 8. The molecule has 4 rings (SSSR count). The highest BCUT2D eigenvalue weighted by atomic mass is 32.1. The predicted molar refractivity (Wildman–Crippen MR) is 132 cm³/mol. The quantitative estimate of drug-likeness (QED) is 0.397. The predicted octanol–water partition coefficient (Wildman–Crippen LogP) is 3.42. The van der Waals surface area contributed by atoms with E-state index in [4.69, 9.17) is 9.84 Å². The van der Waals surface area contributed by atoms with Gasteiger partial charge >= 0.3 is 11.9 Å². The minimum Gasteiger partial charge on any atom is -0.481 e. The van der Waals surface area contributed by atoms with Crippen molar-refractivity contribution in [1.29, 1.82) is 0 Å². The number of carboxylic acid groups (broad SMARTS) is 1. The van der Waals surface area contributed by atoms with Gasteiger partial charge in [-0.15, -0.1) is 0 Å². The van der Waals surface area contributed by atoms with Crippen molar-refractivity contribution in [2.75, 3.05) is 29.9 Å². The van der Waals surface area contributed by atoms with E-state index in [0.717, 1.165) is 5.56 Å². The van der Waals surface area contributed by atoms with Gasteiger partial charge in [0.1, 0.15) is 10.7 Å².